The number of hydrogen-bond acceptors (Lipinski definition) is 5. The summed E-state index contributed by atoms with van der Waals surface area (Å²) in [6.07, 6.45) is 1.26. The van der Waals surface area contributed by atoms with Crippen molar-refractivity contribution < 1.29 is 9.21 Å². The summed E-state index contributed by atoms with van der Waals surface area (Å²) in [6, 6.07) is 12.5. The fourth-order valence-electron chi connectivity index (χ4n) is 1.89. The van der Waals surface area contributed by atoms with Gasteiger partial charge in [-0.15, -0.1) is 10.2 Å². The van der Waals surface area contributed by atoms with Gasteiger partial charge in [0.2, 0.25) is 12.3 Å². The van der Waals surface area contributed by atoms with E-state index in [1.54, 1.807) is 30.3 Å². The summed E-state index contributed by atoms with van der Waals surface area (Å²) in [5, 5.41) is 10.3. The van der Waals surface area contributed by atoms with Gasteiger partial charge in [-0.3, -0.25) is 4.79 Å². The SMILES string of the molecule is Cc1cccc(C(=O)Nc2cccc(-c3nnco3)c2)n1. The van der Waals surface area contributed by atoms with Crippen molar-refractivity contribution in [2.45, 2.75) is 6.92 Å². The first kappa shape index (κ1) is 13.0. The number of nitrogens with zero attached hydrogens (tertiary/aromatic N) is 3. The predicted octanol–water partition coefficient (Wildman–Crippen LogP) is 2.69. The quantitative estimate of drug-likeness (QED) is 0.797. The molecule has 0 saturated heterocycles. The van der Waals surface area contributed by atoms with Crippen LogP contribution in [0.15, 0.2) is 53.3 Å². The van der Waals surface area contributed by atoms with Gasteiger partial charge >= 0.3 is 0 Å². The number of nitrogens with one attached hydrogen (secondary N) is 1. The van der Waals surface area contributed by atoms with Crippen LogP contribution < -0.4 is 5.32 Å². The van der Waals surface area contributed by atoms with Crippen molar-refractivity contribution in [2.75, 3.05) is 5.32 Å². The molecule has 21 heavy (non-hydrogen) atoms. The van der Waals surface area contributed by atoms with Crippen LogP contribution in [0.1, 0.15) is 16.2 Å². The van der Waals surface area contributed by atoms with Crippen molar-refractivity contribution in [3.63, 3.8) is 0 Å². The zero-order chi connectivity index (χ0) is 14.7. The second-order valence-corrected chi connectivity index (χ2v) is 4.44. The molecule has 1 amide bonds. The standard InChI is InChI=1S/C15H12N4O2/c1-10-4-2-7-13(17-10)14(20)18-12-6-3-5-11(8-12)15-19-16-9-21-15/h2-9H,1H3,(H,18,20). The van der Waals surface area contributed by atoms with E-state index in [0.29, 0.717) is 17.3 Å². The first-order valence-corrected chi connectivity index (χ1v) is 6.34. The Balaban J connectivity index is 1.82. The fourth-order valence-corrected chi connectivity index (χ4v) is 1.89. The average Bonchev–Trinajstić information content (AvgIpc) is 3.02. The van der Waals surface area contributed by atoms with Crippen LogP contribution >= 0.6 is 0 Å². The van der Waals surface area contributed by atoms with Crippen LogP contribution in [0, 0.1) is 6.92 Å². The Kier molecular flexibility index (Phi) is 3.42. The van der Waals surface area contributed by atoms with Gasteiger partial charge in [-0.2, -0.15) is 0 Å². The first-order valence-electron chi connectivity index (χ1n) is 6.34. The molecule has 104 valence electrons. The molecule has 6 nitrogen and oxygen atoms in total. The summed E-state index contributed by atoms with van der Waals surface area (Å²) in [6.45, 7) is 1.84. The van der Waals surface area contributed by atoms with Crippen LogP contribution in [-0.4, -0.2) is 21.1 Å². The molecule has 6 heteroatoms. The summed E-state index contributed by atoms with van der Waals surface area (Å²) < 4.78 is 5.13. The maximum Gasteiger partial charge on any atom is 0.274 e. The average molecular weight is 280 g/mol. The first-order chi connectivity index (χ1) is 10.2. The van der Waals surface area contributed by atoms with E-state index in [9.17, 15) is 4.79 Å². The molecule has 0 fully saturated rings. The summed E-state index contributed by atoms with van der Waals surface area (Å²) in [5.41, 5.74) is 2.54. The highest BCUT2D eigenvalue weighted by atomic mass is 16.4. The number of aryl methyl sites for hydroxylation is 1. The zero-order valence-corrected chi connectivity index (χ0v) is 11.3. The van der Waals surface area contributed by atoms with Crippen LogP contribution in [0.5, 0.6) is 0 Å². The van der Waals surface area contributed by atoms with Gasteiger partial charge in [-0.05, 0) is 37.3 Å². The van der Waals surface area contributed by atoms with Gasteiger partial charge in [-0.1, -0.05) is 12.1 Å². The Hall–Kier alpha value is -3.02. The molecule has 0 atom stereocenters. The number of rotatable bonds is 3. The lowest BCUT2D eigenvalue weighted by molar-refractivity contribution is 0.102. The number of amides is 1. The number of carbonyl (C=O) groups excluding carboxylic acids is 1. The molecule has 0 aliphatic rings. The second-order valence-electron chi connectivity index (χ2n) is 4.44. The lowest BCUT2D eigenvalue weighted by Crippen LogP contribution is -2.13. The molecular weight excluding hydrogens is 268 g/mol. The van der Waals surface area contributed by atoms with Gasteiger partial charge in [0.15, 0.2) is 0 Å². The zero-order valence-electron chi connectivity index (χ0n) is 11.3. The number of anilines is 1. The van der Waals surface area contributed by atoms with Crippen LogP contribution in [0.4, 0.5) is 5.69 Å². The summed E-state index contributed by atoms with van der Waals surface area (Å²) >= 11 is 0. The molecule has 0 unspecified atom stereocenters. The third-order valence-corrected chi connectivity index (χ3v) is 2.85. The molecule has 3 aromatic rings. The van der Waals surface area contributed by atoms with Crippen LogP contribution in [0.2, 0.25) is 0 Å². The minimum atomic E-state index is -0.263. The van der Waals surface area contributed by atoms with Crippen LogP contribution in [0.25, 0.3) is 11.5 Å². The Labute approximate surface area is 120 Å². The normalized spacial score (nSPS) is 10.3. The molecule has 0 aliphatic carbocycles. The smallest absolute Gasteiger partial charge is 0.274 e. The third-order valence-electron chi connectivity index (χ3n) is 2.85. The van der Waals surface area contributed by atoms with Gasteiger partial charge in [0.25, 0.3) is 5.91 Å². The van der Waals surface area contributed by atoms with Crippen molar-refractivity contribution in [3.8, 4) is 11.5 Å². The molecule has 3 rings (SSSR count). The van der Waals surface area contributed by atoms with Gasteiger partial charge in [0.05, 0.1) is 0 Å². The highest BCUT2D eigenvalue weighted by Gasteiger charge is 2.09. The lowest BCUT2D eigenvalue weighted by Gasteiger charge is -2.06. The monoisotopic (exact) mass is 280 g/mol. The number of hydrogen-bond donors (Lipinski definition) is 1. The van der Waals surface area contributed by atoms with Crippen molar-refractivity contribution >= 4 is 11.6 Å². The molecular formula is C15H12N4O2. The molecule has 0 radical (unpaired) electrons. The Morgan fingerprint density at radius 2 is 2.05 bits per heavy atom. The van der Waals surface area contributed by atoms with Crippen LogP contribution in [-0.2, 0) is 0 Å². The molecule has 0 aliphatic heterocycles. The van der Waals surface area contributed by atoms with Crippen molar-refractivity contribution in [2.24, 2.45) is 0 Å². The third kappa shape index (κ3) is 2.94. The molecule has 1 aromatic carbocycles. The molecule has 0 spiro atoms. The van der Waals surface area contributed by atoms with Gasteiger partial charge in [0.1, 0.15) is 5.69 Å². The topological polar surface area (TPSA) is 80.9 Å². The number of pyridine rings is 1. The second kappa shape index (κ2) is 5.54. The number of carbonyl (C=O) groups is 1. The molecule has 2 aromatic heterocycles. The van der Waals surface area contributed by atoms with E-state index in [0.717, 1.165) is 11.3 Å². The molecule has 1 N–H and O–H groups in total. The van der Waals surface area contributed by atoms with Gasteiger partial charge in [0, 0.05) is 16.9 Å². The maximum absolute atomic E-state index is 12.1. The Morgan fingerprint density at radius 1 is 1.19 bits per heavy atom. The summed E-state index contributed by atoms with van der Waals surface area (Å²) in [4.78, 5) is 16.3. The van der Waals surface area contributed by atoms with Gasteiger partial charge < -0.3 is 9.73 Å². The van der Waals surface area contributed by atoms with E-state index >= 15 is 0 Å². The highest BCUT2D eigenvalue weighted by Crippen LogP contribution is 2.20. The minimum absolute atomic E-state index is 0.263. The molecule has 2 heterocycles. The molecule has 0 saturated carbocycles. The van der Waals surface area contributed by atoms with Crippen molar-refractivity contribution in [3.05, 3.63) is 60.2 Å². The number of aromatic nitrogens is 3. The van der Waals surface area contributed by atoms with E-state index in [4.69, 9.17) is 4.42 Å². The lowest BCUT2D eigenvalue weighted by atomic mass is 10.2. The van der Waals surface area contributed by atoms with E-state index < -0.39 is 0 Å². The van der Waals surface area contributed by atoms with E-state index in [-0.39, 0.29) is 5.91 Å². The predicted molar refractivity (Wildman–Crippen MR) is 76.7 cm³/mol. The Bertz CT molecular complexity index is 769. The Morgan fingerprint density at radius 3 is 2.81 bits per heavy atom. The van der Waals surface area contributed by atoms with E-state index in [1.165, 1.54) is 6.39 Å². The summed E-state index contributed by atoms with van der Waals surface area (Å²) in [5.74, 6) is 0.140. The molecule has 0 bridgehead atoms. The van der Waals surface area contributed by atoms with Crippen LogP contribution in [0.3, 0.4) is 0 Å². The largest absolute Gasteiger partial charge is 0.423 e. The maximum atomic E-state index is 12.1. The van der Waals surface area contributed by atoms with Crippen molar-refractivity contribution in [1.82, 2.24) is 15.2 Å². The summed E-state index contributed by atoms with van der Waals surface area (Å²) in [7, 11) is 0. The van der Waals surface area contributed by atoms with E-state index in [1.807, 2.05) is 19.1 Å². The minimum Gasteiger partial charge on any atom is -0.423 e. The highest BCUT2D eigenvalue weighted by molar-refractivity contribution is 6.03. The van der Waals surface area contributed by atoms with Crippen molar-refractivity contribution in [1.29, 1.82) is 0 Å². The van der Waals surface area contributed by atoms with Gasteiger partial charge in [-0.25, -0.2) is 4.98 Å². The number of benzene rings is 1. The van der Waals surface area contributed by atoms with E-state index in [2.05, 4.69) is 20.5 Å². The fraction of sp³-hybridized carbons (Fsp3) is 0.0667.